The molecule has 5 nitrogen and oxygen atoms in total. The molecule has 0 aromatic heterocycles. The van der Waals surface area contributed by atoms with Crippen molar-refractivity contribution in [1.29, 1.82) is 0 Å². The summed E-state index contributed by atoms with van der Waals surface area (Å²) in [5.74, 6) is 0.795. The lowest BCUT2D eigenvalue weighted by molar-refractivity contribution is -0.127. The van der Waals surface area contributed by atoms with E-state index >= 15 is 0 Å². The summed E-state index contributed by atoms with van der Waals surface area (Å²) in [4.78, 5) is 14.2. The third kappa shape index (κ3) is 5.31. The van der Waals surface area contributed by atoms with E-state index in [1.165, 1.54) is 0 Å². The van der Waals surface area contributed by atoms with Crippen LogP contribution < -0.4 is 10.1 Å². The summed E-state index contributed by atoms with van der Waals surface area (Å²) in [5, 5.41) is 12.8. The highest BCUT2D eigenvalue weighted by Crippen LogP contribution is 2.15. The van der Waals surface area contributed by atoms with Gasteiger partial charge in [0.05, 0.1) is 5.92 Å². The molecule has 0 saturated carbocycles. The third-order valence-electron chi connectivity index (χ3n) is 3.94. The predicted octanol–water partition coefficient (Wildman–Crippen LogP) is 1.19. The van der Waals surface area contributed by atoms with Gasteiger partial charge in [-0.1, -0.05) is 12.1 Å². The molecule has 1 aliphatic rings. The molecule has 0 aliphatic carbocycles. The number of aliphatic hydroxyl groups excluding tert-OH is 1. The van der Waals surface area contributed by atoms with Crippen molar-refractivity contribution in [3.05, 3.63) is 29.8 Å². The van der Waals surface area contributed by atoms with Crippen molar-refractivity contribution in [2.24, 2.45) is 5.92 Å². The smallest absolute Gasteiger partial charge is 0.224 e. The Balaban J connectivity index is 1.68. The molecule has 0 radical (unpaired) electrons. The van der Waals surface area contributed by atoms with Gasteiger partial charge in [-0.2, -0.15) is 0 Å². The molecule has 0 unspecified atom stereocenters. The average Bonchev–Trinajstić information content (AvgIpc) is 2.50. The second-order valence-corrected chi connectivity index (χ2v) is 6.13. The minimum absolute atomic E-state index is 0.0288. The topological polar surface area (TPSA) is 61.8 Å². The van der Waals surface area contributed by atoms with E-state index in [0.717, 1.165) is 37.2 Å². The number of rotatable bonds is 6. The molecule has 2 rings (SSSR count). The molecule has 2 atom stereocenters. The van der Waals surface area contributed by atoms with Gasteiger partial charge in [0.25, 0.3) is 0 Å². The number of nitrogens with zero attached hydrogens (tertiary/aromatic N) is 1. The van der Waals surface area contributed by atoms with E-state index in [-0.39, 0.29) is 25.0 Å². The van der Waals surface area contributed by atoms with Crippen LogP contribution in [0.2, 0.25) is 0 Å². The largest absolute Gasteiger partial charge is 0.491 e. The number of benzene rings is 1. The molecule has 1 heterocycles. The van der Waals surface area contributed by atoms with Crippen LogP contribution in [-0.4, -0.2) is 55.3 Å². The Morgan fingerprint density at radius 2 is 2.36 bits per heavy atom. The Morgan fingerprint density at radius 3 is 3.09 bits per heavy atom. The molecule has 1 aliphatic heterocycles. The van der Waals surface area contributed by atoms with Gasteiger partial charge in [-0.3, -0.25) is 4.79 Å². The Bertz CT molecular complexity index is 493. The number of hydrogen-bond acceptors (Lipinski definition) is 4. The van der Waals surface area contributed by atoms with Crippen LogP contribution in [0, 0.1) is 12.8 Å². The van der Waals surface area contributed by atoms with Crippen LogP contribution in [0.1, 0.15) is 18.4 Å². The highest BCUT2D eigenvalue weighted by Gasteiger charge is 2.24. The fourth-order valence-electron chi connectivity index (χ4n) is 2.70. The zero-order valence-electron chi connectivity index (χ0n) is 13.4. The number of piperidine rings is 1. The number of likely N-dealkylation sites (tertiary alicyclic amines) is 1. The lowest BCUT2D eigenvalue weighted by Gasteiger charge is -2.29. The van der Waals surface area contributed by atoms with Gasteiger partial charge in [-0.25, -0.2) is 0 Å². The second-order valence-electron chi connectivity index (χ2n) is 6.13. The summed E-state index contributed by atoms with van der Waals surface area (Å²) in [7, 11) is 2.03. The first-order valence-electron chi connectivity index (χ1n) is 7.88. The first kappa shape index (κ1) is 16.8. The van der Waals surface area contributed by atoms with Crippen LogP contribution in [0.25, 0.3) is 0 Å². The maximum atomic E-state index is 12.1. The molecular formula is C17H26N2O3. The van der Waals surface area contributed by atoms with Gasteiger partial charge in [0, 0.05) is 13.1 Å². The molecule has 1 fully saturated rings. The molecule has 1 aromatic carbocycles. The molecule has 22 heavy (non-hydrogen) atoms. The van der Waals surface area contributed by atoms with E-state index in [1.54, 1.807) is 0 Å². The van der Waals surface area contributed by atoms with Gasteiger partial charge < -0.3 is 20.1 Å². The maximum absolute atomic E-state index is 12.1. The highest BCUT2D eigenvalue weighted by molar-refractivity contribution is 5.78. The number of amides is 1. The van der Waals surface area contributed by atoms with Crippen LogP contribution in [0.3, 0.4) is 0 Å². The predicted molar refractivity (Wildman–Crippen MR) is 85.9 cm³/mol. The van der Waals surface area contributed by atoms with Gasteiger partial charge in [-0.05, 0) is 51.1 Å². The van der Waals surface area contributed by atoms with Crippen LogP contribution in [-0.2, 0) is 4.79 Å². The molecule has 1 amide bonds. The summed E-state index contributed by atoms with van der Waals surface area (Å²) in [6.45, 7) is 4.24. The van der Waals surface area contributed by atoms with E-state index in [9.17, 15) is 9.90 Å². The monoisotopic (exact) mass is 306 g/mol. The summed E-state index contributed by atoms with van der Waals surface area (Å²) in [6, 6.07) is 7.68. The SMILES string of the molecule is Cc1cccc(OC[C@@H](O)CNC(=O)[C@@H]2CCCN(C)C2)c1. The number of ether oxygens (including phenoxy) is 1. The normalized spacial score (nSPS) is 20.4. The Morgan fingerprint density at radius 1 is 1.55 bits per heavy atom. The van der Waals surface area contributed by atoms with Crippen LogP contribution in [0.5, 0.6) is 5.75 Å². The molecule has 0 spiro atoms. The van der Waals surface area contributed by atoms with Crippen molar-refractivity contribution in [2.45, 2.75) is 25.9 Å². The molecule has 2 N–H and O–H groups in total. The first-order valence-corrected chi connectivity index (χ1v) is 7.88. The minimum atomic E-state index is -0.703. The molecule has 0 bridgehead atoms. The maximum Gasteiger partial charge on any atom is 0.224 e. The van der Waals surface area contributed by atoms with E-state index in [1.807, 2.05) is 38.2 Å². The van der Waals surface area contributed by atoms with Crippen LogP contribution >= 0.6 is 0 Å². The van der Waals surface area contributed by atoms with Crippen molar-refractivity contribution < 1.29 is 14.6 Å². The van der Waals surface area contributed by atoms with Crippen molar-refractivity contribution in [3.63, 3.8) is 0 Å². The first-order chi connectivity index (χ1) is 10.5. The van der Waals surface area contributed by atoms with Crippen LogP contribution in [0.4, 0.5) is 0 Å². The number of aryl methyl sites for hydroxylation is 1. The number of nitrogens with one attached hydrogen (secondary N) is 1. The molecule has 5 heteroatoms. The zero-order valence-corrected chi connectivity index (χ0v) is 13.4. The molecular weight excluding hydrogens is 280 g/mol. The van der Waals surface area contributed by atoms with E-state index in [0.29, 0.717) is 0 Å². The van der Waals surface area contributed by atoms with E-state index in [2.05, 4.69) is 10.2 Å². The fourth-order valence-corrected chi connectivity index (χ4v) is 2.70. The number of carbonyl (C=O) groups is 1. The van der Waals surface area contributed by atoms with Gasteiger partial charge in [0.1, 0.15) is 18.5 Å². The van der Waals surface area contributed by atoms with Crippen molar-refractivity contribution in [3.8, 4) is 5.75 Å². The van der Waals surface area contributed by atoms with Gasteiger partial charge in [0.2, 0.25) is 5.91 Å². The highest BCUT2D eigenvalue weighted by atomic mass is 16.5. The van der Waals surface area contributed by atoms with Crippen LogP contribution in [0.15, 0.2) is 24.3 Å². The lowest BCUT2D eigenvalue weighted by atomic mass is 9.97. The minimum Gasteiger partial charge on any atom is -0.491 e. The summed E-state index contributed by atoms with van der Waals surface area (Å²) in [5.41, 5.74) is 1.11. The number of hydrogen-bond donors (Lipinski definition) is 2. The Labute approximate surface area is 132 Å². The summed E-state index contributed by atoms with van der Waals surface area (Å²) in [6.07, 6.45) is 1.27. The molecule has 1 aromatic rings. The standard InChI is InChI=1S/C17H26N2O3/c1-13-5-3-7-16(9-13)22-12-15(20)10-18-17(21)14-6-4-8-19(2)11-14/h3,5,7,9,14-15,20H,4,6,8,10-12H2,1-2H3,(H,18,21)/t14-,15+/m1/s1. The quantitative estimate of drug-likeness (QED) is 0.829. The number of aliphatic hydroxyl groups is 1. The van der Waals surface area contributed by atoms with Crippen molar-refractivity contribution >= 4 is 5.91 Å². The Hall–Kier alpha value is -1.59. The summed E-state index contributed by atoms with van der Waals surface area (Å²) < 4.78 is 5.53. The van der Waals surface area contributed by atoms with Gasteiger partial charge >= 0.3 is 0 Å². The fraction of sp³-hybridized carbons (Fsp3) is 0.588. The molecule has 122 valence electrons. The van der Waals surface area contributed by atoms with Gasteiger partial charge in [-0.15, -0.1) is 0 Å². The zero-order chi connectivity index (χ0) is 15.9. The average molecular weight is 306 g/mol. The Kier molecular flexibility index (Phi) is 6.21. The third-order valence-corrected chi connectivity index (χ3v) is 3.94. The number of carbonyl (C=O) groups excluding carboxylic acids is 1. The van der Waals surface area contributed by atoms with E-state index in [4.69, 9.17) is 4.74 Å². The van der Waals surface area contributed by atoms with Gasteiger partial charge in [0.15, 0.2) is 0 Å². The van der Waals surface area contributed by atoms with E-state index < -0.39 is 6.10 Å². The molecule has 1 saturated heterocycles. The second kappa shape index (κ2) is 8.15. The van der Waals surface area contributed by atoms with Crippen molar-refractivity contribution in [1.82, 2.24) is 10.2 Å². The van der Waals surface area contributed by atoms with Crippen molar-refractivity contribution in [2.75, 3.05) is 33.3 Å². The summed E-state index contributed by atoms with van der Waals surface area (Å²) >= 11 is 0. The lowest BCUT2D eigenvalue weighted by Crippen LogP contribution is -2.44.